The Balaban J connectivity index is 1.57. The molecule has 290 valence electrons. The summed E-state index contributed by atoms with van der Waals surface area (Å²) in [5, 5.41) is 12.8. The Morgan fingerprint density at radius 3 is 1.46 bits per heavy atom. The second kappa shape index (κ2) is 18.8. The molecule has 0 bridgehead atoms. The summed E-state index contributed by atoms with van der Waals surface area (Å²) in [7, 11) is 2.41. The molecule has 4 aromatic rings. The van der Waals surface area contributed by atoms with Gasteiger partial charge in [-0.3, -0.25) is 34.8 Å². The first-order chi connectivity index (χ1) is 26.7. The highest BCUT2D eigenvalue weighted by Gasteiger charge is 2.41. The molecule has 0 spiro atoms. The number of esters is 4. The number of nitrogens with one attached hydrogen (secondary N) is 3. The molecule has 4 N–H and O–H groups in total. The number of aliphatic carboxylic acids is 1. The Morgan fingerprint density at radius 1 is 0.536 bits per heavy atom. The van der Waals surface area contributed by atoms with E-state index >= 15 is 0 Å². The van der Waals surface area contributed by atoms with E-state index in [0.717, 1.165) is 38.1 Å². The number of carbonyl (C=O) groups excluding carboxylic acids is 7. The summed E-state index contributed by atoms with van der Waals surface area (Å²) in [5.74, 6) is -9.15. The number of rotatable bonds is 14. The average molecular weight is 772 g/mol. The number of methoxy groups -OCH3 is 2. The summed E-state index contributed by atoms with van der Waals surface area (Å²) >= 11 is 0. The molecule has 0 aliphatic rings. The monoisotopic (exact) mass is 771 g/mol. The minimum atomic E-state index is -2.53. The zero-order valence-corrected chi connectivity index (χ0v) is 30.0. The maximum Gasteiger partial charge on any atom is 0.349 e. The van der Waals surface area contributed by atoms with E-state index in [9.17, 15) is 43.5 Å². The zero-order chi connectivity index (χ0) is 40.9. The molecule has 18 heteroatoms. The van der Waals surface area contributed by atoms with Gasteiger partial charge in [0.25, 0.3) is 17.7 Å². The van der Waals surface area contributed by atoms with Crippen LogP contribution in [0.3, 0.4) is 0 Å². The quantitative estimate of drug-likeness (QED) is 0.0817. The molecule has 0 aromatic heterocycles. The van der Waals surface area contributed by atoms with Crippen molar-refractivity contribution in [3.63, 3.8) is 0 Å². The van der Waals surface area contributed by atoms with Gasteiger partial charge in [-0.2, -0.15) is 0 Å². The van der Waals surface area contributed by atoms with Crippen molar-refractivity contribution in [2.45, 2.75) is 26.1 Å². The van der Waals surface area contributed by atoms with E-state index in [1.165, 1.54) is 50.6 Å². The molecule has 0 aliphatic heterocycles. The van der Waals surface area contributed by atoms with Crippen molar-refractivity contribution in [1.82, 2.24) is 10.9 Å². The molecule has 0 radical (unpaired) electrons. The molecular weight excluding hydrogens is 738 g/mol. The highest BCUT2D eigenvalue weighted by molar-refractivity contribution is 6.05. The van der Waals surface area contributed by atoms with Crippen LogP contribution in [0.15, 0.2) is 91.0 Å². The number of anilines is 1. The van der Waals surface area contributed by atoms with Crippen LogP contribution in [0.1, 0.15) is 55.3 Å². The zero-order valence-electron chi connectivity index (χ0n) is 30.0. The maximum absolute atomic E-state index is 13.5. The topological polar surface area (TPSA) is 248 Å². The molecule has 56 heavy (non-hydrogen) atoms. The number of carboxylic acids is 1. The highest BCUT2D eigenvalue weighted by Crippen LogP contribution is 2.30. The molecule has 0 unspecified atom stereocenters. The van der Waals surface area contributed by atoms with E-state index in [1.807, 2.05) is 5.43 Å². The van der Waals surface area contributed by atoms with Crippen molar-refractivity contribution < 1.29 is 71.9 Å². The van der Waals surface area contributed by atoms with E-state index < -0.39 is 59.8 Å². The van der Waals surface area contributed by atoms with Gasteiger partial charge in [-0.25, -0.2) is 14.4 Å². The van der Waals surface area contributed by atoms with Gasteiger partial charge in [0.05, 0.1) is 25.3 Å². The largest absolute Gasteiger partial charge is 0.493 e. The van der Waals surface area contributed by atoms with Crippen molar-refractivity contribution in [3.8, 4) is 23.0 Å². The molecule has 0 heterocycles. The van der Waals surface area contributed by atoms with Crippen molar-refractivity contribution in [2.75, 3.05) is 19.5 Å². The first kappa shape index (κ1) is 41.0. The molecule has 4 aromatic carbocycles. The van der Waals surface area contributed by atoms with Gasteiger partial charge >= 0.3 is 29.8 Å². The van der Waals surface area contributed by atoms with E-state index in [1.54, 1.807) is 30.3 Å². The number of carboxylic acid groups (broad SMARTS) is 1. The van der Waals surface area contributed by atoms with Crippen molar-refractivity contribution in [1.29, 1.82) is 0 Å². The number of ether oxygens (including phenoxy) is 6. The first-order valence-electron chi connectivity index (χ1n) is 16.1. The van der Waals surface area contributed by atoms with Gasteiger partial charge in [-0.05, 0) is 72.8 Å². The fraction of sp³-hybridized carbons (Fsp3) is 0.158. The standard InChI is InChI=1S/C38H33N3O15/c1-20(42)53-27-16-12-24(18-29(27)51-3)37(49)55-31(32(36(47)48)56-38(50)25-13-17-28(54-21(2)43)30(19-25)52-4)35(46)41-40-34(45)23-10-14-26(15-11-23)39-33(44)22-8-6-5-7-9-22/h5-19,31-32H,1-4H3,(H,39,44)(H,40,45)(H,41,46)(H,47,48)/t31-,32+/m1/s1. The summed E-state index contributed by atoms with van der Waals surface area (Å²) in [4.78, 5) is 101. The van der Waals surface area contributed by atoms with Crippen molar-refractivity contribution in [2.24, 2.45) is 0 Å². The molecule has 18 nitrogen and oxygen atoms in total. The van der Waals surface area contributed by atoms with Crippen LogP contribution in [0.25, 0.3) is 0 Å². The molecular formula is C38H33N3O15. The third kappa shape index (κ3) is 10.9. The Kier molecular flexibility index (Phi) is 13.8. The van der Waals surface area contributed by atoms with Crippen LogP contribution in [0.4, 0.5) is 5.69 Å². The Labute approximate surface area is 317 Å². The summed E-state index contributed by atoms with van der Waals surface area (Å²) in [6.45, 7) is 2.26. The second-order valence-corrected chi connectivity index (χ2v) is 11.2. The lowest BCUT2D eigenvalue weighted by Crippen LogP contribution is -2.54. The van der Waals surface area contributed by atoms with E-state index in [2.05, 4.69) is 10.7 Å². The van der Waals surface area contributed by atoms with Gasteiger partial charge < -0.3 is 38.8 Å². The van der Waals surface area contributed by atoms with E-state index in [0.29, 0.717) is 11.3 Å². The van der Waals surface area contributed by atoms with Crippen molar-refractivity contribution in [3.05, 3.63) is 113 Å². The predicted molar refractivity (Wildman–Crippen MR) is 191 cm³/mol. The number of amides is 3. The van der Waals surface area contributed by atoms with E-state index in [4.69, 9.17) is 28.4 Å². The lowest BCUT2D eigenvalue weighted by atomic mass is 10.1. The van der Waals surface area contributed by atoms with Crippen LogP contribution in [0.2, 0.25) is 0 Å². The molecule has 0 saturated carbocycles. The molecule has 0 fully saturated rings. The fourth-order valence-corrected chi connectivity index (χ4v) is 4.69. The highest BCUT2D eigenvalue weighted by atomic mass is 16.6. The third-order valence-corrected chi connectivity index (χ3v) is 7.29. The smallest absolute Gasteiger partial charge is 0.349 e. The predicted octanol–water partition coefficient (Wildman–Crippen LogP) is 3.10. The fourth-order valence-electron chi connectivity index (χ4n) is 4.69. The van der Waals surface area contributed by atoms with Crippen LogP contribution in [0, 0.1) is 0 Å². The van der Waals surface area contributed by atoms with E-state index in [-0.39, 0.29) is 39.7 Å². The van der Waals surface area contributed by atoms with Crippen LogP contribution >= 0.6 is 0 Å². The van der Waals surface area contributed by atoms with Gasteiger partial charge in [0.15, 0.2) is 23.0 Å². The molecule has 4 rings (SSSR count). The third-order valence-electron chi connectivity index (χ3n) is 7.29. The van der Waals surface area contributed by atoms with Gasteiger partial charge in [0.1, 0.15) is 0 Å². The first-order valence-corrected chi connectivity index (χ1v) is 16.1. The number of hydrogen-bond acceptors (Lipinski definition) is 14. The molecule has 2 atom stereocenters. The normalized spacial score (nSPS) is 11.4. The SMILES string of the molecule is COc1cc(C(=O)O[C@H](C(=O)O)[C@@H](OC(=O)c2ccc(OC(C)=O)c(OC)c2)C(=O)NNC(=O)c2ccc(NC(=O)c3ccccc3)cc2)ccc1OC(C)=O. The average Bonchev–Trinajstić information content (AvgIpc) is 3.18. The maximum atomic E-state index is 13.5. The van der Waals surface area contributed by atoms with Gasteiger partial charge in [-0.15, -0.1) is 0 Å². The number of hydrazine groups is 1. The molecule has 0 saturated heterocycles. The number of hydrogen-bond donors (Lipinski definition) is 4. The Bertz CT molecular complexity index is 2150. The van der Waals surface area contributed by atoms with Gasteiger partial charge in [-0.1, -0.05) is 18.2 Å². The molecule has 0 aliphatic carbocycles. The lowest BCUT2D eigenvalue weighted by Gasteiger charge is -2.24. The van der Waals surface area contributed by atoms with Crippen LogP contribution in [-0.2, 0) is 28.7 Å². The van der Waals surface area contributed by atoms with Crippen LogP contribution in [0.5, 0.6) is 23.0 Å². The van der Waals surface area contributed by atoms with Crippen molar-refractivity contribution >= 4 is 53.3 Å². The van der Waals surface area contributed by atoms with Gasteiger partial charge in [0, 0.05) is 30.7 Å². The Hall–Kier alpha value is -7.76. The lowest BCUT2D eigenvalue weighted by molar-refractivity contribution is -0.159. The Morgan fingerprint density at radius 2 is 1.00 bits per heavy atom. The second-order valence-electron chi connectivity index (χ2n) is 11.2. The molecule has 3 amide bonds. The minimum Gasteiger partial charge on any atom is -0.493 e. The summed E-state index contributed by atoms with van der Waals surface area (Å²) in [6, 6.07) is 20.5. The number of carbonyl (C=O) groups is 8. The summed E-state index contributed by atoms with van der Waals surface area (Å²) < 4.78 is 30.7. The minimum absolute atomic E-state index is 0.0242. The summed E-state index contributed by atoms with van der Waals surface area (Å²) in [5.41, 5.74) is 4.09. The van der Waals surface area contributed by atoms with Gasteiger partial charge in [0.2, 0.25) is 12.2 Å². The number of benzene rings is 4. The summed E-state index contributed by atoms with van der Waals surface area (Å²) in [6.07, 6.45) is -4.99. The van der Waals surface area contributed by atoms with Crippen LogP contribution in [-0.4, -0.2) is 79.1 Å². The van der Waals surface area contributed by atoms with Crippen LogP contribution < -0.4 is 35.1 Å².